The Hall–Kier alpha value is -1.60. The van der Waals surface area contributed by atoms with Gasteiger partial charge in [-0.15, -0.1) is 23.7 Å². The second-order valence-corrected chi connectivity index (χ2v) is 9.34. The number of halogens is 1. The first-order valence-corrected chi connectivity index (χ1v) is 11.4. The minimum Gasteiger partial charge on any atom is -0.497 e. The van der Waals surface area contributed by atoms with E-state index < -0.39 is 0 Å². The third kappa shape index (κ3) is 4.99. The van der Waals surface area contributed by atoms with Crippen molar-refractivity contribution in [1.82, 2.24) is 9.80 Å². The molecule has 5 nitrogen and oxygen atoms in total. The Morgan fingerprint density at radius 2 is 1.83 bits per heavy atom. The van der Waals surface area contributed by atoms with Crippen LogP contribution in [0.5, 0.6) is 5.75 Å². The van der Waals surface area contributed by atoms with Gasteiger partial charge in [-0.3, -0.25) is 4.79 Å². The van der Waals surface area contributed by atoms with E-state index in [0.29, 0.717) is 12.5 Å². The molecule has 2 N–H and O–H groups in total. The van der Waals surface area contributed by atoms with Crippen LogP contribution in [0.25, 0.3) is 0 Å². The number of ether oxygens (including phenoxy) is 1. The average Bonchev–Trinajstić information content (AvgIpc) is 3.39. The number of piperidine rings is 1. The number of hydrogen-bond donors (Lipinski definition) is 1. The summed E-state index contributed by atoms with van der Waals surface area (Å²) in [6.07, 6.45) is 3.91. The number of amides is 1. The van der Waals surface area contributed by atoms with Crippen LogP contribution in [0.4, 0.5) is 0 Å². The Bertz CT molecular complexity index is 804. The number of methoxy groups -OCH3 is 1. The van der Waals surface area contributed by atoms with E-state index in [1.54, 1.807) is 18.4 Å². The summed E-state index contributed by atoms with van der Waals surface area (Å²) >= 11 is 1.74. The van der Waals surface area contributed by atoms with Gasteiger partial charge in [0.05, 0.1) is 12.5 Å². The quantitative estimate of drug-likeness (QED) is 0.691. The van der Waals surface area contributed by atoms with E-state index in [-0.39, 0.29) is 23.9 Å². The lowest BCUT2D eigenvalue weighted by atomic mass is 9.77. The Balaban J connectivity index is 0.00000256. The van der Waals surface area contributed by atoms with Gasteiger partial charge in [0.1, 0.15) is 5.75 Å². The number of carbonyl (C=O) groups is 1. The normalized spacial score (nSPS) is 19.7. The van der Waals surface area contributed by atoms with Gasteiger partial charge in [0.15, 0.2) is 0 Å². The lowest BCUT2D eigenvalue weighted by Crippen LogP contribution is -2.45. The lowest BCUT2D eigenvalue weighted by Gasteiger charge is -2.38. The molecular formula is C23H32ClN3O2S. The zero-order chi connectivity index (χ0) is 20.3. The SMILES string of the molecule is COc1ccc(CN2CCC3(CCN(CC[C@H](N)c4cccs4)CC3)C2=O)cc1.Cl. The number of nitrogens with two attached hydrogens (primary N) is 1. The Morgan fingerprint density at radius 3 is 2.47 bits per heavy atom. The number of benzene rings is 1. The largest absolute Gasteiger partial charge is 0.497 e. The van der Waals surface area contributed by atoms with Crippen LogP contribution in [0, 0.1) is 5.41 Å². The second kappa shape index (κ2) is 10.1. The first-order valence-electron chi connectivity index (χ1n) is 10.5. The van der Waals surface area contributed by atoms with E-state index in [4.69, 9.17) is 10.5 Å². The topological polar surface area (TPSA) is 58.8 Å². The fourth-order valence-electron chi connectivity index (χ4n) is 4.63. The number of hydrogen-bond acceptors (Lipinski definition) is 5. The standard InChI is InChI=1S/C23H31N3O2S.ClH/c1-28-19-6-4-18(5-7-19)17-26-15-11-23(22(26)27)9-13-25(14-10-23)12-8-20(24)21-3-2-16-29-21;/h2-7,16,20H,8-15,17,24H2,1H3;1H/t20-;/m0./s1. The predicted molar refractivity (Wildman–Crippen MR) is 124 cm³/mol. The number of likely N-dealkylation sites (tertiary alicyclic amines) is 2. The molecule has 4 rings (SSSR count). The first-order chi connectivity index (χ1) is 14.1. The van der Waals surface area contributed by atoms with Crippen molar-refractivity contribution in [3.8, 4) is 5.75 Å². The van der Waals surface area contributed by atoms with E-state index in [2.05, 4.69) is 34.5 Å². The molecule has 1 amide bonds. The van der Waals surface area contributed by atoms with Crippen molar-refractivity contribution in [2.24, 2.45) is 11.1 Å². The number of nitrogens with zero attached hydrogens (tertiary/aromatic N) is 2. The molecule has 2 fully saturated rings. The number of rotatable bonds is 7. The summed E-state index contributed by atoms with van der Waals surface area (Å²) in [5.41, 5.74) is 7.34. The maximum Gasteiger partial charge on any atom is 0.229 e. The van der Waals surface area contributed by atoms with Crippen molar-refractivity contribution in [3.63, 3.8) is 0 Å². The van der Waals surface area contributed by atoms with Crippen LogP contribution in [0.1, 0.15) is 42.2 Å². The van der Waals surface area contributed by atoms with Crippen molar-refractivity contribution >= 4 is 29.7 Å². The highest BCUT2D eigenvalue weighted by molar-refractivity contribution is 7.10. The fourth-order valence-corrected chi connectivity index (χ4v) is 5.39. The molecule has 0 bridgehead atoms. The second-order valence-electron chi connectivity index (χ2n) is 8.36. The van der Waals surface area contributed by atoms with E-state index in [9.17, 15) is 4.79 Å². The maximum atomic E-state index is 13.2. The molecule has 2 aliphatic heterocycles. The molecule has 30 heavy (non-hydrogen) atoms. The summed E-state index contributed by atoms with van der Waals surface area (Å²) in [6, 6.07) is 12.3. The first kappa shape index (κ1) is 23.1. The molecule has 2 aromatic rings. The predicted octanol–water partition coefficient (Wildman–Crippen LogP) is 4.08. The van der Waals surface area contributed by atoms with E-state index in [1.165, 1.54) is 4.88 Å². The smallest absolute Gasteiger partial charge is 0.229 e. The van der Waals surface area contributed by atoms with Crippen LogP contribution in [0.3, 0.4) is 0 Å². The summed E-state index contributed by atoms with van der Waals surface area (Å²) in [7, 11) is 1.67. The fraction of sp³-hybridized carbons (Fsp3) is 0.522. The molecule has 0 aliphatic carbocycles. The molecule has 2 saturated heterocycles. The molecular weight excluding hydrogens is 418 g/mol. The molecule has 3 heterocycles. The average molecular weight is 450 g/mol. The molecule has 164 valence electrons. The summed E-state index contributed by atoms with van der Waals surface area (Å²) in [6.45, 7) is 4.58. The van der Waals surface area contributed by atoms with Gasteiger partial charge in [-0.05, 0) is 74.5 Å². The van der Waals surface area contributed by atoms with Gasteiger partial charge < -0.3 is 20.3 Å². The summed E-state index contributed by atoms with van der Waals surface area (Å²) in [5, 5.41) is 2.09. The summed E-state index contributed by atoms with van der Waals surface area (Å²) < 4.78 is 5.22. The third-order valence-corrected chi connectivity index (χ3v) is 7.62. The van der Waals surface area contributed by atoms with Gasteiger partial charge in [-0.2, -0.15) is 0 Å². The van der Waals surface area contributed by atoms with Gasteiger partial charge in [-0.25, -0.2) is 0 Å². The van der Waals surface area contributed by atoms with Gasteiger partial charge in [-0.1, -0.05) is 18.2 Å². The van der Waals surface area contributed by atoms with Crippen LogP contribution in [-0.4, -0.2) is 49.0 Å². The molecule has 0 unspecified atom stereocenters. The van der Waals surface area contributed by atoms with E-state index in [1.807, 2.05) is 17.0 Å². The molecule has 1 atom stereocenters. The zero-order valence-corrected chi connectivity index (χ0v) is 19.2. The van der Waals surface area contributed by atoms with Crippen LogP contribution in [0.2, 0.25) is 0 Å². The molecule has 7 heteroatoms. The third-order valence-electron chi connectivity index (χ3n) is 6.61. The van der Waals surface area contributed by atoms with Gasteiger partial charge in [0.2, 0.25) is 5.91 Å². The zero-order valence-electron chi connectivity index (χ0n) is 17.6. The van der Waals surface area contributed by atoms with Gasteiger partial charge in [0.25, 0.3) is 0 Å². The number of thiophene rings is 1. The van der Waals surface area contributed by atoms with Crippen LogP contribution in [-0.2, 0) is 11.3 Å². The lowest BCUT2D eigenvalue weighted by molar-refractivity contribution is -0.138. The number of carbonyl (C=O) groups excluding carboxylic acids is 1. The molecule has 0 saturated carbocycles. The Labute approximate surface area is 189 Å². The minimum absolute atomic E-state index is 0. The highest BCUT2D eigenvalue weighted by Gasteiger charge is 2.47. The van der Waals surface area contributed by atoms with Gasteiger partial charge >= 0.3 is 0 Å². The minimum atomic E-state index is -0.140. The molecule has 1 aromatic carbocycles. The molecule has 1 spiro atoms. The highest BCUT2D eigenvalue weighted by Crippen LogP contribution is 2.42. The van der Waals surface area contributed by atoms with E-state index >= 15 is 0 Å². The van der Waals surface area contributed by atoms with Crippen molar-refractivity contribution in [2.75, 3.05) is 33.3 Å². The Morgan fingerprint density at radius 1 is 1.13 bits per heavy atom. The van der Waals surface area contributed by atoms with Crippen LogP contribution in [0.15, 0.2) is 41.8 Å². The highest BCUT2D eigenvalue weighted by atomic mass is 35.5. The molecule has 1 aromatic heterocycles. The summed E-state index contributed by atoms with van der Waals surface area (Å²) in [4.78, 5) is 19.0. The van der Waals surface area contributed by atoms with Crippen molar-refractivity contribution in [1.29, 1.82) is 0 Å². The monoisotopic (exact) mass is 449 g/mol. The van der Waals surface area contributed by atoms with Crippen molar-refractivity contribution < 1.29 is 9.53 Å². The van der Waals surface area contributed by atoms with Crippen LogP contribution >= 0.6 is 23.7 Å². The van der Waals surface area contributed by atoms with Crippen molar-refractivity contribution in [2.45, 2.75) is 38.3 Å². The van der Waals surface area contributed by atoms with Gasteiger partial charge in [0, 0.05) is 24.0 Å². The molecule has 0 radical (unpaired) electrons. The van der Waals surface area contributed by atoms with E-state index in [0.717, 1.165) is 63.2 Å². The summed E-state index contributed by atoms with van der Waals surface area (Å²) in [5.74, 6) is 1.20. The Kier molecular flexibility index (Phi) is 7.80. The maximum absolute atomic E-state index is 13.2. The van der Waals surface area contributed by atoms with Crippen LogP contribution < -0.4 is 10.5 Å². The molecule has 2 aliphatic rings. The van der Waals surface area contributed by atoms with Crippen molar-refractivity contribution in [3.05, 3.63) is 52.2 Å².